The van der Waals surface area contributed by atoms with Crippen LogP contribution in [-0.2, 0) is 9.57 Å². The minimum atomic E-state index is 0.230. The monoisotopic (exact) mass is 182 g/mol. The van der Waals surface area contributed by atoms with Crippen LogP contribution >= 0.6 is 0 Å². The Bertz CT molecular complexity index is 254. The number of methoxy groups -OCH3 is 1. The summed E-state index contributed by atoms with van der Waals surface area (Å²) in [5.41, 5.74) is 0. The van der Waals surface area contributed by atoms with E-state index >= 15 is 0 Å². The second-order valence-electron chi connectivity index (χ2n) is 4.09. The van der Waals surface area contributed by atoms with E-state index in [0.29, 0.717) is 18.0 Å². The minimum Gasteiger partial charge on any atom is -0.482 e. The smallest absolute Gasteiger partial charge is 0.232 e. The topological polar surface area (TPSA) is 42.9 Å². The summed E-state index contributed by atoms with van der Waals surface area (Å²) in [6.07, 6.45) is 3.85. The Morgan fingerprint density at radius 2 is 2.46 bits per heavy atom. The molecule has 0 unspecified atom stereocenters. The molecule has 2 fully saturated rings. The third-order valence-electron chi connectivity index (χ3n) is 3.40. The summed E-state index contributed by atoms with van der Waals surface area (Å²) in [5.74, 6) is 1.20. The van der Waals surface area contributed by atoms with Crippen molar-refractivity contribution in [3.63, 3.8) is 0 Å². The maximum Gasteiger partial charge on any atom is 0.232 e. The van der Waals surface area contributed by atoms with Crippen molar-refractivity contribution in [1.82, 2.24) is 5.32 Å². The van der Waals surface area contributed by atoms with Crippen molar-refractivity contribution in [2.45, 2.75) is 37.5 Å². The van der Waals surface area contributed by atoms with Crippen molar-refractivity contribution in [2.24, 2.45) is 11.1 Å². The second-order valence-corrected chi connectivity index (χ2v) is 4.09. The zero-order valence-electron chi connectivity index (χ0n) is 7.69. The third kappa shape index (κ3) is 0.981. The molecular formula is C9H14N2O2. The van der Waals surface area contributed by atoms with Crippen LogP contribution in [0.25, 0.3) is 0 Å². The number of oxime groups is 1. The highest BCUT2D eigenvalue weighted by Gasteiger charge is 2.49. The van der Waals surface area contributed by atoms with Crippen molar-refractivity contribution < 1.29 is 9.57 Å². The van der Waals surface area contributed by atoms with Crippen LogP contribution in [0.15, 0.2) is 5.16 Å². The fourth-order valence-electron chi connectivity index (χ4n) is 2.77. The largest absolute Gasteiger partial charge is 0.482 e. The van der Waals surface area contributed by atoms with Crippen LogP contribution < -0.4 is 5.32 Å². The number of hydrogen-bond acceptors (Lipinski definition) is 4. The van der Waals surface area contributed by atoms with Gasteiger partial charge in [0.05, 0.1) is 13.0 Å². The van der Waals surface area contributed by atoms with E-state index in [2.05, 4.69) is 10.5 Å². The van der Waals surface area contributed by atoms with Gasteiger partial charge in [-0.2, -0.15) is 0 Å². The Hall–Kier alpha value is -0.770. The Morgan fingerprint density at radius 1 is 1.54 bits per heavy atom. The van der Waals surface area contributed by atoms with Gasteiger partial charge in [-0.25, -0.2) is 0 Å². The highest BCUT2D eigenvalue weighted by Crippen LogP contribution is 2.37. The van der Waals surface area contributed by atoms with Gasteiger partial charge >= 0.3 is 0 Å². The van der Waals surface area contributed by atoms with Gasteiger partial charge in [0.1, 0.15) is 0 Å². The van der Waals surface area contributed by atoms with Gasteiger partial charge in [-0.05, 0) is 19.3 Å². The minimum absolute atomic E-state index is 0.230. The standard InChI is InChI=1S/C9H14N2O2/c1-12-9-6-4-5-2-3-7(10-5)8(6)13-11-9/h5-8,10H,2-4H2,1H3/t5-,6-,7+,8-/m0/s1. The zero-order chi connectivity index (χ0) is 8.84. The Morgan fingerprint density at radius 3 is 3.31 bits per heavy atom. The lowest BCUT2D eigenvalue weighted by molar-refractivity contribution is 0.0216. The average molecular weight is 182 g/mol. The molecule has 0 aromatic rings. The van der Waals surface area contributed by atoms with E-state index in [1.807, 2.05) is 0 Å². The molecule has 0 aromatic carbocycles. The lowest BCUT2D eigenvalue weighted by Gasteiger charge is -2.30. The van der Waals surface area contributed by atoms with E-state index in [1.54, 1.807) is 7.11 Å². The average Bonchev–Trinajstić information content (AvgIpc) is 2.72. The summed E-state index contributed by atoms with van der Waals surface area (Å²) in [6.45, 7) is 0. The SMILES string of the molecule is COC1=NO[C@H]2[C@@H]1C[C@@H]1CC[C@H]2N1. The highest BCUT2D eigenvalue weighted by molar-refractivity contribution is 5.80. The Kier molecular flexibility index (Phi) is 1.53. The number of nitrogens with one attached hydrogen (secondary N) is 1. The van der Waals surface area contributed by atoms with Gasteiger partial charge in [0.25, 0.3) is 0 Å². The van der Waals surface area contributed by atoms with Crippen LogP contribution in [-0.4, -0.2) is 31.2 Å². The summed E-state index contributed by atoms with van der Waals surface area (Å²) >= 11 is 0. The fourth-order valence-corrected chi connectivity index (χ4v) is 2.77. The summed E-state index contributed by atoms with van der Waals surface area (Å²) < 4.78 is 5.20. The number of ether oxygens (including phenoxy) is 1. The fraction of sp³-hybridized carbons (Fsp3) is 0.889. The molecule has 0 radical (unpaired) electrons. The van der Waals surface area contributed by atoms with Crippen LogP contribution in [0.3, 0.4) is 0 Å². The molecule has 0 amide bonds. The molecule has 4 heteroatoms. The molecule has 3 aliphatic heterocycles. The summed E-state index contributed by atoms with van der Waals surface area (Å²) in [5, 5.41) is 7.52. The number of hydrogen-bond donors (Lipinski definition) is 1. The first kappa shape index (κ1) is 7.62. The molecule has 13 heavy (non-hydrogen) atoms. The van der Waals surface area contributed by atoms with E-state index in [0.717, 1.165) is 12.3 Å². The first-order chi connectivity index (χ1) is 6.38. The summed E-state index contributed by atoms with van der Waals surface area (Å²) in [6, 6.07) is 1.16. The molecule has 3 rings (SSSR count). The van der Waals surface area contributed by atoms with E-state index in [-0.39, 0.29) is 6.10 Å². The van der Waals surface area contributed by atoms with Gasteiger partial charge in [-0.15, -0.1) is 0 Å². The summed E-state index contributed by atoms with van der Waals surface area (Å²) in [4.78, 5) is 5.39. The van der Waals surface area contributed by atoms with Crippen molar-refractivity contribution in [2.75, 3.05) is 7.11 Å². The van der Waals surface area contributed by atoms with Crippen molar-refractivity contribution in [3.05, 3.63) is 0 Å². The third-order valence-corrected chi connectivity index (χ3v) is 3.40. The summed E-state index contributed by atoms with van der Waals surface area (Å²) in [7, 11) is 1.68. The lowest BCUT2D eigenvalue weighted by atomic mass is 9.90. The molecule has 1 N–H and O–H groups in total. The molecule has 4 atom stereocenters. The molecule has 3 heterocycles. The molecular weight excluding hydrogens is 168 g/mol. The van der Waals surface area contributed by atoms with E-state index in [1.165, 1.54) is 12.8 Å². The predicted molar refractivity (Wildman–Crippen MR) is 47.4 cm³/mol. The van der Waals surface area contributed by atoms with E-state index < -0.39 is 0 Å². The van der Waals surface area contributed by atoms with E-state index in [9.17, 15) is 0 Å². The number of rotatable bonds is 0. The van der Waals surface area contributed by atoms with Crippen LogP contribution in [0.5, 0.6) is 0 Å². The molecule has 4 nitrogen and oxygen atoms in total. The normalized spacial score (nSPS) is 46.7. The van der Waals surface area contributed by atoms with Crippen molar-refractivity contribution in [1.29, 1.82) is 0 Å². The maximum absolute atomic E-state index is 5.39. The number of piperidine rings is 1. The second kappa shape index (κ2) is 2.61. The molecule has 2 saturated heterocycles. The van der Waals surface area contributed by atoms with Crippen molar-refractivity contribution >= 4 is 5.90 Å². The van der Waals surface area contributed by atoms with Crippen LogP contribution in [0, 0.1) is 5.92 Å². The zero-order valence-corrected chi connectivity index (χ0v) is 7.69. The van der Waals surface area contributed by atoms with Gasteiger partial charge in [-0.3, -0.25) is 0 Å². The molecule has 0 aliphatic carbocycles. The van der Waals surface area contributed by atoms with Crippen LogP contribution in [0.1, 0.15) is 19.3 Å². The predicted octanol–water partition coefficient (Wildman–Crippen LogP) is 0.486. The first-order valence-corrected chi connectivity index (χ1v) is 4.92. The van der Waals surface area contributed by atoms with Crippen LogP contribution in [0.4, 0.5) is 0 Å². The Balaban J connectivity index is 1.84. The highest BCUT2D eigenvalue weighted by atomic mass is 16.7. The lowest BCUT2D eigenvalue weighted by Crippen LogP contribution is -2.49. The number of nitrogens with zero attached hydrogens (tertiary/aromatic N) is 1. The van der Waals surface area contributed by atoms with Gasteiger partial charge < -0.3 is 14.9 Å². The molecule has 2 bridgehead atoms. The first-order valence-electron chi connectivity index (χ1n) is 4.92. The molecule has 0 saturated carbocycles. The van der Waals surface area contributed by atoms with E-state index in [4.69, 9.17) is 9.57 Å². The van der Waals surface area contributed by atoms with Gasteiger partial charge in [0, 0.05) is 12.1 Å². The quantitative estimate of drug-likeness (QED) is 0.592. The van der Waals surface area contributed by atoms with Crippen molar-refractivity contribution in [3.8, 4) is 0 Å². The van der Waals surface area contributed by atoms with Gasteiger partial charge in [-0.1, -0.05) is 5.16 Å². The number of fused-ring (bicyclic) bond motifs is 4. The Labute approximate surface area is 77.3 Å². The molecule has 0 spiro atoms. The molecule has 3 aliphatic rings. The van der Waals surface area contributed by atoms with Crippen LogP contribution in [0.2, 0.25) is 0 Å². The van der Waals surface area contributed by atoms with Gasteiger partial charge in [0.15, 0.2) is 6.10 Å². The maximum atomic E-state index is 5.39. The molecule has 0 aromatic heterocycles. The molecule has 72 valence electrons. The van der Waals surface area contributed by atoms with Gasteiger partial charge in [0.2, 0.25) is 5.90 Å².